The molecule has 710 valence electrons. The number of hydrogen-bond acceptors (Lipinski definition) is 21. The van der Waals surface area contributed by atoms with Gasteiger partial charge in [-0.15, -0.1) is 23.1 Å². The molecule has 0 radical (unpaired) electrons. The fraction of sp³-hybridized carbons (Fsp3) is 0.421. The minimum Gasteiger partial charge on any atom is -0.508 e. The van der Waals surface area contributed by atoms with Crippen LogP contribution in [0.25, 0.3) is 10.1 Å². The number of fused-ring (bicyclic) bond motifs is 5. The maximum absolute atomic E-state index is 15.9. The fourth-order valence-corrected chi connectivity index (χ4v) is 17.7. The van der Waals surface area contributed by atoms with Gasteiger partial charge in [-0.3, -0.25) is 86.4 Å². The van der Waals surface area contributed by atoms with Crippen molar-refractivity contribution < 1.29 is 102 Å². The minimum absolute atomic E-state index is 0.0156. The van der Waals surface area contributed by atoms with E-state index in [4.69, 9.17) is 5.73 Å². The fourth-order valence-electron chi connectivity index (χ4n) is 15.9. The zero-order valence-electron chi connectivity index (χ0n) is 75.6. The molecule has 1 aromatic heterocycles. The molecule has 15 amide bonds. The van der Waals surface area contributed by atoms with Crippen LogP contribution in [0.5, 0.6) is 11.5 Å². The second kappa shape index (κ2) is 48.9. The number of aromatic hydroxyl groups is 2. The van der Waals surface area contributed by atoms with Crippen LogP contribution in [0.4, 0.5) is 5.69 Å². The Bertz CT molecular complexity index is 5340. The molecule has 7 aromatic rings. The number of rotatable bonds is 24. The van der Waals surface area contributed by atoms with Crippen LogP contribution < -0.4 is 58.5 Å². The molecule has 0 spiro atoms. The number of likely N-dealkylation sites (N-methyl/N-ethyl adjacent to an activating group) is 4. The molecule has 2 bridgehead atoms. The summed E-state index contributed by atoms with van der Waals surface area (Å²) in [4.78, 5) is 256. The molecule has 15 N–H and O–H groups in total. The molecule has 0 unspecified atom stereocenters. The number of unbranched alkanes of at least 4 members (excludes halogenated alkanes) is 1. The molecular formula is C95H117N15O21S2. The monoisotopic (exact) mass is 1870 g/mol. The lowest BCUT2D eigenvalue weighted by molar-refractivity contribution is -0.151. The number of nitrogens with two attached hydrogens (primary N) is 1. The van der Waals surface area contributed by atoms with Gasteiger partial charge in [-0.2, -0.15) is 0 Å². The Morgan fingerprint density at radius 2 is 1.02 bits per heavy atom. The number of primary amides is 1. The van der Waals surface area contributed by atoms with Crippen LogP contribution in [-0.4, -0.2) is 266 Å². The molecule has 1 fully saturated rings. The first kappa shape index (κ1) is 103. The van der Waals surface area contributed by atoms with E-state index in [2.05, 4.69) is 47.9 Å². The number of nitrogens with zero attached hydrogens (tertiary/aromatic N) is 5. The number of carboxylic acids is 2. The Hall–Kier alpha value is -13.8. The van der Waals surface area contributed by atoms with Gasteiger partial charge < -0.3 is 93.6 Å². The van der Waals surface area contributed by atoms with Gasteiger partial charge in [-0.05, 0) is 99.5 Å². The maximum atomic E-state index is 15.9. The first-order valence-electron chi connectivity index (χ1n) is 43.8. The number of carboxylic acid groups (broad SMARTS) is 2. The number of phenolic OH excluding ortho intramolecular Hbond substituents is 2. The quantitative estimate of drug-likeness (QED) is 0.0413. The van der Waals surface area contributed by atoms with E-state index < -0.39 is 234 Å². The van der Waals surface area contributed by atoms with E-state index in [-0.39, 0.29) is 68.4 Å². The van der Waals surface area contributed by atoms with Crippen LogP contribution >= 0.6 is 23.1 Å². The van der Waals surface area contributed by atoms with Gasteiger partial charge in [0.2, 0.25) is 82.7 Å². The summed E-state index contributed by atoms with van der Waals surface area (Å²) in [5.41, 5.74) is 8.03. The second-order valence-corrected chi connectivity index (χ2v) is 36.0. The lowest BCUT2D eigenvalue weighted by atomic mass is 9.93. The number of phenols is 2. The van der Waals surface area contributed by atoms with Crippen LogP contribution in [0.2, 0.25) is 0 Å². The summed E-state index contributed by atoms with van der Waals surface area (Å²) in [5.74, 6) is -20.2. The highest BCUT2D eigenvalue weighted by Gasteiger charge is 2.46. The third kappa shape index (κ3) is 29.4. The second-order valence-electron chi connectivity index (χ2n) is 34.0. The van der Waals surface area contributed by atoms with E-state index in [0.717, 1.165) is 47.0 Å². The molecular weight excluding hydrogens is 1750 g/mol. The number of carbonyl (C=O) groups excluding carboxylic acids is 15. The summed E-state index contributed by atoms with van der Waals surface area (Å²) >= 11 is 2.10. The summed E-state index contributed by atoms with van der Waals surface area (Å²) in [7, 11) is 5.21. The SMILES string of the molecule is CCCC[C@H]1C(=O)N(C)CC(=O)N[C@@H](CC(=O)O)C(=O)N[C@@H](C(C)C)C(=O)N(C)[C@@H](Cc2ccccc2)C(=O)N[C@H]2Cc3ccc(O)cc3N(C2=O)[C@@H](CCC(=O)O)C(=O)N[C@@H](Cc2csc3ccccc23)C(=O)N[C@@H](Cc2ccc(O)cc2)C(=O)N[C@@H](CC(C)C)C(=O)N[C@H](C(=O)NCC(N)=O)CSCC(=O)N[C@@H](Cc2ccccc2)C(=O)N(C)[C@@H](Cc2ccccc2)C(=O)N1C. The average Bonchev–Trinajstić information content (AvgIpc) is 1.22. The Balaban J connectivity index is 1.15. The molecule has 0 saturated carbocycles. The van der Waals surface area contributed by atoms with Crippen molar-refractivity contribution in [1.82, 2.24) is 67.5 Å². The Kier molecular flexibility index (Phi) is 37.9. The van der Waals surface area contributed by atoms with Crippen molar-refractivity contribution in [1.29, 1.82) is 0 Å². The van der Waals surface area contributed by atoms with Gasteiger partial charge in [0, 0.05) is 89.7 Å². The van der Waals surface area contributed by atoms with Crippen molar-refractivity contribution in [3.63, 3.8) is 0 Å². The lowest BCUT2D eigenvalue weighted by Crippen LogP contribution is -2.63. The third-order valence-electron chi connectivity index (χ3n) is 23.0. The molecule has 3 heterocycles. The van der Waals surface area contributed by atoms with Crippen LogP contribution in [0, 0.1) is 11.8 Å². The van der Waals surface area contributed by atoms with Gasteiger partial charge in [-0.25, -0.2) is 0 Å². The van der Waals surface area contributed by atoms with Crippen LogP contribution in [0.15, 0.2) is 163 Å². The number of thiophene rings is 1. The molecule has 2 aliphatic rings. The first-order valence-corrected chi connectivity index (χ1v) is 45.9. The smallest absolute Gasteiger partial charge is 0.305 e. The molecule has 133 heavy (non-hydrogen) atoms. The Morgan fingerprint density at radius 3 is 1.62 bits per heavy atom. The number of anilines is 1. The van der Waals surface area contributed by atoms with Crippen molar-refractivity contribution in [2.24, 2.45) is 17.6 Å². The molecule has 38 heteroatoms. The topological polar surface area (TPSA) is 522 Å². The lowest BCUT2D eigenvalue weighted by Gasteiger charge is -2.40. The standard InChI is InChI=1S/C95H117N15O21S2/c1-10-11-30-73-93(129)106(6)50-79(114)98-68(48-82(118)119)88(124)105-83(55(4)5)95(131)108(8)75(43-57-25-17-13-18-26-57)90(126)103-70-45-60-34-37-63(112)47-74(60)110(92(70)128)72(38-39-81(116)117)89(125)102-67(46-61-51-133-77-31-22-21-29-64(61)77)87(123)101-66(41-59-32-35-62(111)36-33-59)86(122)100-65(40-54(2)3)85(121)104-71(84(120)97-49-78(96)113)52-132-53-80(115)99-69(42-56-23-15-12-16-24-56)91(127)109(9)76(94(130)107(73)7)44-58-27-19-14-20-28-58/h12-29,31-37,47,51,54-55,65-73,75-76,83,111-112H,10-11,30,38-46,48-50,52-53H2,1-9H3,(H2,96,113)(H,97,120)(H,98,114)(H,99,115)(H,100,122)(H,101,123)(H,102,125)(H,103,126)(H,104,121)(H,105,124)(H,116,117)(H,118,119)/t65-,66-,67-,68-,69-,70-,71-,72-,73-,75-,76-,83-/m0/s1. The van der Waals surface area contributed by atoms with Gasteiger partial charge in [0.15, 0.2) is 0 Å². The highest BCUT2D eigenvalue weighted by Crippen LogP contribution is 2.36. The van der Waals surface area contributed by atoms with Gasteiger partial charge in [0.25, 0.3) is 5.91 Å². The van der Waals surface area contributed by atoms with E-state index in [9.17, 15) is 54.0 Å². The summed E-state index contributed by atoms with van der Waals surface area (Å²) in [6, 6.07) is 22.5. The molecule has 36 nitrogen and oxygen atoms in total. The predicted molar refractivity (Wildman–Crippen MR) is 496 cm³/mol. The zero-order chi connectivity index (χ0) is 97.0. The molecule has 1 saturated heterocycles. The number of nitrogens with one attached hydrogen (secondary N) is 9. The number of amides is 15. The highest BCUT2D eigenvalue weighted by atomic mass is 32.2. The Morgan fingerprint density at radius 1 is 0.496 bits per heavy atom. The predicted octanol–water partition coefficient (Wildman–Crippen LogP) is 3.18. The van der Waals surface area contributed by atoms with E-state index in [1.54, 1.807) is 128 Å². The summed E-state index contributed by atoms with van der Waals surface area (Å²) in [6.45, 7) is 6.82. The minimum atomic E-state index is -1.94. The summed E-state index contributed by atoms with van der Waals surface area (Å²) < 4.78 is 0.751. The van der Waals surface area contributed by atoms with Crippen LogP contribution in [-0.2, 0) is 120 Å². The normalized spacial score (nSPS) is 22.4. The number of thioether (sulfide) groups is 1. The number of hydrogen-bond donors (Lipinski definition) is 14. The van der Waals surface area contributed by atoms with Crippen molar-refractivity contribution >= 4 is 139 Å². The van der Waals surface area contributed by atoms with Crippen molar-refractivity contribution in [2.75, 3.05) is 57.7 Å². The first-order chi connectivity index (χ1) is 63.3. The molecule has 6 aromatic carbocycles. The molecule has 2 aliphatic heterocycles. The molecule has 12 atom stereocenters. The average molecular weight is 1870 g/mol. The van der Waals surface area contributed by atoms with Gasteiger partial charge in [-0.1, -0.05) is 175 Å². The van der Waals surface area contributed by atoms with Crippen LogP contribution in [0.3, 0.4) is 0 Å². The van der Waals surface area contributed by atoms with E-state index in [0.29, 0.717) is 46.0 Å². The third-order valence-corrected chi connectivity index (χ3v) is 25.1. The molecule has 0 aliphatic carbocycles. The highest BCUT2D eigenvalue weighted by molar-refractivity contribution is 8.00. The number of aliphatic carboxylic acids is 2. The van der Waals surface area contributed by atoms with Crippen LogP contribution in [0.1, 0.15) is 113 Å². The number of benzene rings is 6. The summed E-state index contributed by atoms with van der Waals surface area (Å²) in [5, 5.41) is 68.6. The van der Waals surface area contributed by atoms with Gasteiger partial charge in [0.05, 0.1) is 31.0 Å². The zero-order valence-corrected chi connectivity index (χ0v) is 77.2. The number of carbonyl (C=O) groups is 17. The van der Waals surface area contributed by atoms with Gasteiger partial charge in [0.1, 0.15) is 84.0 Å². The maximum Gasteiger partial charge on any atom is 0.305 e. The van der Waals surface area contributed by atoms with E-state index in [1.807, 2.05) is 13.0 Å². The van der Waals surface area contributed by atoms with Crippen molar-refractivity contribution in [3.8, 4) is 11.5 Å². The Labute approximate surface area is 778 Å². The van der Waals surface area contributed by atoms with E-state index >= 15 is 47.9 Å². The molecule has 9 rings (SSSR count). The van der Waals surface area contributed by atoms with E-state index in [1.165, 1.54) is 89.8 Å². The largest absolute Gasteiger partial charge is 0.508 e. The van der Waals surface area contributed by atoms with Gasteiger partial charge >= 0.3 is 11.9 Å². The van der Waals surface area contributed by atoms with Crippen molar-refractivity contribution in [3.05, 3.63) is 196 Å². The summed E-state index contributed by atoms with van der Waals surface area (Å²) in [6.07, 6.45) is -3.45. The van der Waals surface area contributed by atoms with Crippen molar-refractivity contribution in [2.45, 2.75) is 191 Å².